The molecule has 1 aromatic rings. The lowest BCUT2D eigenvalue weighted by molar-refractivity contribution is -0.119. The number of hydrogen-bond donors (Lipinski definition) is 2. The molecule has 1 fully saturated rings. The van der Waals surface area contributed by atoms with Gasteiger partial charge < -0.3 is 11.5 Å². The normalized spacial score (nSPS) is 15.7. The van der Waals surface area contributed by atoms with Gasteiger partial charge in [-0.15, -0.1) is 0 Å². The molecule has 0 radical (unpaired) electrons. The van der Waals surface area contributed by atoms with Crippen molar-refractivity contribution < 1.29 is 4.79 Å². The standard InChI is InChI=1S/C14H20N4OS/c15-13(19)9-18(11-3-1-2-4-11)8-10-5-6-17-12(7-10)14(16)20/h5-7,11H,1-4,8-9H2,(H2,15,19)(H2,16,20). The number of nitrogens with zero attached hydrogens (tertiary/aromatic N) is 2. The van der Waals surface area contributed by atoms with E-state index in [0.717, 1.165) is 18.4 Å². The number of amides is 1. The van der Waals surface area contributed by atoms with Crippen molar-refractivity contribution in [3.63, 3.8) is 0 Å². The molecule has 5 nitrogen and oxygen atoms in total. The van der Waals surface area contributed by atoms with E-state index in [1.807, 2.05) is 12.1 Å². The van der Waals surface area contributed by atoms with Gasteiger partial charge in [0.15, 0.2) is 0 Å². The van der Waals surface area contributed by atoms with Crippen LogP contribution in [0.3, 0.4) is 0 Å². The molecule has 0 spiro atoms. The Kier molecular flexibility index (Phi) is 5.03. The average molecular weight is 292 g/mol. The van der Waals surface area contributed by atoms with E-state index < -0.39 is 0 Å². The summed E-state index contributed by atoms with van der Waals surface area (Å²) in [5.41, 5.74) is 12.6. The Morgan fingerprint density at radius 2 is 2.10 bits per heavy atom. The summed E-state index contributed by atoms with van der Waals surface area (Å²) in [7, 11) is 0. The minimum Gasteiger partial charge on any atom is -0.388 e. The summed E-state index contributed by atoms with van der Waals surface area (Å²) < 4.78 is 0. The van der Waals surface area contributed by atoms with Gasteiger partial charge in [-0.3, -0.25) is 14.7 Å². The summed E-state index contributed by atoms with van der Waals surface area (Å²) >= 11 is 4.94. The summed E-state index contributed by atoms with van der Waals surface area (Å²) in [6.45, 7) is 0.959. The van der Waals surface area contributed by atoms with E-state index in [4.69, 9.17) is 23.7 Å². The zero-order chi connectivity index (χ0) is 14.5. The largest absolute Gasteiger partial charge is 0.388 e. The molecular formula is C14H20N4OS. The van der Waals surface area contributed by atoms with Gasteiger partial charge in [0.25, 0.3) is 0 Å². The van der Waals surface area contributed by atoms with Crippen molar-refractivity contribution in [3.8, 4) is 0 Å². The molecule has 0 saturated heterocycles. The van der Waals surface area contributed by atoms with Crippen molar-refractivity contribution in [2.24, 2.45) is 11.5 Å². The van der Waals surface area contributed by atoms with Gasteiger partial charge in [-0.1, -0.05) is 25.1 Å². The first kappa shape index (κ1) is 14.9. The molecule has 1 aromatic heterocycles. The minimum absolute atomic E-state index is 0.286. The number of rotatable bonds is 6. The van der Waals surface area contributed by atoms with E-state index in [0.29, 0.717) is 18.3 Å². The van der Waals surface area contributed by atoms with Crippen LogP contribution in [-0.2, 0) is 11.3 Å². The number of carbonyl (C=O) groups excluding carboxylic acids is 1. The van der Waals surface area contributed by atoms with Crippen LogP contribution >= 0.6 is 12.2 Å². The summed E-state index contributed by atoms with van der Waals surface area (Å²) in [5.74, 6) is -0.291. The fourth-order valence-corrected chi connectivity index (χ4v) is 2.84. The van der Waals surface area contributed by atoms with Gasteiger partial charge in [-0.2, -0.15) is 0 Å². The molecule has 0 bridgehead atoms. The predicted octanol–water partition coefficient (Wildman–Crippen LogP) is 0.946. The molecule has 0 unspecified atom stereocenters. The summed E-state index contributed by atoms with van der Waals surface area (Å²) in [6, 6.07) is 4.24. The van der Waals surface area contributed by atoms with Gasteiger partial charge in [0.05, 0.1) is 12.2 Å². The van der Waals surface area contributed by atoms with Crippen LogP contribution in [0.4, 0.5) is 0 Å². The molecule has 20 heavy (non-hydrogen) atoms. The highest BCUT2D eigenvalue weighted by atomic mass is 32.1. The van der Waals surface area contributed by atoms with E-state index in [-0.39, 0.29) is 17.4 Å². The Morgan fingerprint density at radius 3 is 2.70 bits per heavy atom. The first-order chi connectivity index (χ1) is 9.56. The third kappa shape index (κ3) is 3.98. The molecule has 2 rings (SSSR count). The van der Waals surface area contributed by atoms with Crippen LogP contribution in [-0.4, -0.2) is 33.4 Å². The van der Waals surface area contributed by atoms with Crippen LogP contribution in [0.15, 0.2) is 18.3 Å². The van der Waals surface area contributed by atoms with Crippen molar-refractivity contribution in [1.29, 1.82) is 0 Å². The molecule has 1 aliphatic carbocycles. The number of pyridine rings is 1. The molecular weight excluding hydrogens is 272 g/mol. The van der Waals surface area contributed by atoms with Crippen LogP contribution in [0, 0.1) is 0 Å². The number of primary amides is 1. The molecule has 1 heterocycles. The van der Waals surface area contributed by atoms with Gasteiger partial charge in [0, 0.05) is 18.8 Å². The average Bonchev–Trinajstić information content (AvgIpc) is 2.91. The van der Waals surface area contributed by atoms with Crippen LogP contribution in [0.2, 0.25) is 0 Å². The molecule has 108 valence electrons. The third-order valence-corrected chi connectivity index (χ3v) is 3.87. The highest BCUT2D eigenvalue weighted by Crippen LogP contribution is 2.24. The predicted molar refractivity (Wildman–Crippen MR) is 82.0 cm³/mol. The smallest absolute Gasteiger partial charge is 0.231 e. The van der Waals surface area contributed by atoms with Crippen molar-refractivity contribution >= 4 is 23.1 Å². The quantitative estimate of drug-likeness (QED) is 0.762. The summed E-state index contributed by atoms with van der Waals surface area (Å²) in [5, 5.41) is 0. The van der Waals surface area contributed by atoms with Gasteiger partial charge >= 0.3 is 0 Å². The SMILES string of the molecule is NC(=O)CN(Cc1ccnc(C(N)=S)c1)C1CCCC1. The van der Waals surface area contributed by atoms with Crippen LogP contribution < -0.4 is 11.5 Å². The zero-order valence-corrected chi connectivity index (χ0v) is 12.2. The highest BCUT2D eigenvalue weighted by Gasteiger charge is 2.23. The molecule has 4 N–H and O–H groups in total. The van der Waals surface area contributed by atoms with E-state index >= 15 is 0 Å². The number of thiocarbonyl (C=S) groups is 1. The Morgan fingerprint density at radius 1 is 1.40 bits per heavy atom. The van der Waals surface area contributed by atoms with Crippen molar-refractivity contribution in [2.75, 3.05) is 6.54 Å². The highest BCUT2D eigenvalue weighted by molar-refractivity contribution is 7.80. The second kappa shape index (κ2) is 6.76. The van der Waals surface area contributed by atoms with Crippen molar-refractivity contribution in [1.82, 2.24) is 9.88 Å². The first-order valence-corrected chi connectivity index (χ1v) is 7.24. The second-order valence-corrected chi connectivity index (χ2v) is 5.66. The lowest BCUT2D eigenvalue weighted by Crippen LogP contribution is -2.39. The van der Waals surface area contributed by atoms with Crippen LogP contribution in [0.5, 0.6) is 0 Å². The molecule has 1 aliphatic rings. The first-order valence-electron chi connectivity index (χ1n) is 6.83. The molecule has 0 atom stereocenters. The van der Waals surface area contributed by atoms with Crippen LogP contribution in [0.1, 0.15) is 36.9 Å². The summed E-state index contributed by atoms with van der Waals surface area (Å²) in [4.78, 5) is 17.8. The minimum atomic E-state index is -0.291. The lowest BCUT2D eigenvalue weighted by atomic mass is 10.1. The molecule has 6 heteroatoms. The Labute approximate surface area is 124 Å². The van der Waals surface area contributed by atoms with E-state index in [2.05, 4.69) is 9.88 Å². The topological polar surface area (TPSA) is 85.2 Å². The number of hydrogen-bond acceptors (Lipinski definition) is 4. The fraction of sp³-hybridized carbons (Fsp3) is 0.500. The number of aromatic nitrogens is 1. The van der Waals surface area contributed by atoms with E-state index in [1.54, 1.807) is 6.20 Å². The van der Waals surface area contributed by atoms with Crippen LogP contribution in [0.25, 0.3) is 0 Å². The molecule has 1 saturated carbocycles. The Hall–Kier alpha value is -1.53. The number of nitrogens with two attached hydrogens (primary N) is 2. The van der Waals surface area contributed by atoms with Crippen molar-refractivity contribution in [2.45, 2.75) is 38.3 Å². The molecule has 1 amide bonds. The second-order valence-electron chi connectivity index (χ2n) is 5.22. The van der Waals surface area contributed by atoms with E-state index in [1.165, 1.54) is 12.8 Å². The Balaban J connectivity index is 2.11. The maximum atomic E-state index is 11.3. The third-order valence-electron chi connectivity index (χ3n) is 3.66. The van der Waals surface area contributed by atoms with Gasteiger partial charge in [0.2, 0.25) is 5.91 Å². The maximum absolute atomic E-state index is 11.3. The lowest BCUT2D eigenvalue weighted by Gasteiger charge is -2.27. The molecule has 0 aliphatic heterocycles. The Bertz CT molecular complexity index is 500. The van der Waals surface area contributed by atoms with E-state index in [9.17, 15) is 4.79 Å². The van der Waals surface area contributed by atoms with Crippen molar-refractivity contribution in [3.05, 3.63) is 29.6 Å². The summed E-state index contributed by atoms with van der Waals surface area (Å²) in [6.07, 6.45) is 6.38. The molecule has 0 aromatic carbocycles. The zero-order valence-electron chi connectivity index (χ0n) is 11.4. The number of carbonyl (C=O) groups is 1. The fourth-order valence-electron chi connectivity index (χ4n) is 2.73. The van der Waals surface area contributed by atoms with Gasteiger partial charge in [0.1, 0.15) is 4.99 Å². The maximum Gasteiger partial charge on any atom is 0.231 e. The van der Waals surface area contributed by atoms with Gasteiger partial charge in [-0.05, 0) is 30.5 Å². The van der Waals surface area contributed by atoms with Gasteiger partial charge in [-0.25, -0.2) is 0 Å². The monoisotopic (exact) mass is 292 g/mol.